The molecule has 0 heterocycles. The summed E-state index contributed by atoms with van der Waals surface area (Å²) in [6, 6.07) is 10.2. The Morgan fingerprint density at radius 2 is 1.66 bits per heavy atom. The summed E-state index contributed by atoms with van der Waals surface area (Å²) in [5, 5.41) is 3.65. The molecule has 1 N–H and O–H groups in total. The third kappa shape index (κ3) is 6.72. The summed E-state index contributed by atoms with van der Waals surface area (Å²) >= 11 is 12.0. The molecule has 0 radical (unpaired) electrons. The molecule has 4 nitrogen and oxygen atoms in total. The van der Waals surface area contributed by atoms with Crippen molar-refractivity contribution in [1.82, 2.24) is 10.2 Å². The van der Waals surface area contributed by atoms with E-state index in [9.17, 15) is 14.0 Å². The molecule has 2 aromatic carbocycles. The molecule has 2 aromatic rings. The quantitative estimate of drug-likeness (QED) is 0.629. The monoisotopic (exact) mass is 438 g/mol. The summed E-state index contributed by atoms with van der Waals surface area (Å²) in [6.07, 6.45) is 0.524. The molecule has 0 aromatic heterocycles. The van der Waals surface area contributed by atoms with Crippen LogP contribution < -0.4 is 5.32 Å². The predicted molar refractivity (Wildman–Crippen MR) is 114 cm³/mol. The fourth-order valence-corrected chi connectivity index (χ4v) is 3.33. The number of nitrogens with zero attached hydrogens (tertiary/aromatic N) is 1. The van der Waals surface area contributed by atoms with Crippen molar-refractivity contribution in [3.05, 3.63) is 69.5 Å². The van der Waals surface area contributed by atoms with Crippen LogP contribution in [0.15, 0.2) is 42.5 Å². The number of rotatable bonds is 8. The number of carbonyl (C=O) groups excluding carboxylic acids is 2. The predicted octanol–water partition coefficient (Wildman–Crippen LogP) is 5.01. The van der Waals surface area contributed by atoms with Crippen molar-refractivity contribution in [2.45, 2.75) is 52.2 Å². The van der Waals surface area contributed by atoms with Gasteiger partial charge in [-0.15, -0.1) is 0 Å². The van der Waals surface area contributed by atoms with E-state index >= 15 is 0 Å². The van der Waals surface area contributed by atoms with Crippen LogP contribution in [0.4, 0.5) is 4.39 Å². The molecule has 0 aliphatic rings. The van der Waals surface area contributed by atoms with Gasteiger partial charge < -0.3 is 10.2 Å². The van der Waals surface area contributed by atoms with E-state index in [1.165, 1.54) is 17.0 Å². The average molecular weight is 439 g/mol. The largest absolute Gasteiger partial charge is 0.352 e. The van der Waals surface area contributed by atoms with Gasteiger partial charge >= 0.3 is 0 Å². The van der Waals surface area contributed by atoms with Crippen LogP contribution in [0.25, 0.3) is 0 Å². The van der Waals surface area contributed by atoms with Gasteiger partial charge in [0, 0.05) is 12.6 Å². The van der Waals surface area contributed by atoms with Gasteiger partial charge in [0.1, 0.15) is 11.9 Å². The lowest BCUT2D eigenvalue weighted by Crippen LogP contribution is -2.50. The summed E-state index contributed by atoms with van der Waals surface area (Å²) in [4.78, 5) is 27.4. The van der Waals surface area contributed by atoms with Crippen LogP contribution >= 0.6 is 23.2 Å². The lowest BCUT2D eigenvalue weighted by atomic mass is 10.1. The van der Waals surface area contributed by atoms with Crippen molar-refractivity contribution >= 4 is 35.0 Å². The number of carbonyl (C=O) groups is 2. The van der Waals surface area contributed by atoms with E-state index < -0.39 is 6.04 Å². The molecule has 0 unspecified atom stereocenters. The molecule has 156 valence electrons. The van der Waals surface area contributed by atoms with E-state index in [0.29, 0.717) is 22.0 Å². The van der Waals surface area contributed by atoms with Gasteiger partial charge in [-0.25, -0.2) is 4.39 Å². The van der Waals surface area contributed by atoms with Crippen LogP contribution in [0.5, 0.6) is 0 Å². The van der Waals surface area contributed by atoms with Crippen LogP contribution in [-0.2, 0) is 22.6 Å². The normalized spacial score (nSPS) is 12.0. The highest BCUT2D eigenvalue weighted by Crippen LogP contribution is 2.23. The standard InChI is InChI=1S/C22H25Cl2FN2O2/c1-4-20(22(29)26-14(2)3)27(13-15-5-8-17(25)9-6-15)21(28)12-16-7-10-18(23)19(24)11-16/h5-11,14,20H,4,12-13H2,1-3H3,(H,26,29)/t20-/m0/s1. The maximum Gasteiger partial charge on any atom is 0.243 e. The van der Waals surface area contributed by atoms with E-state index in [1.807, 2.05) is 20.8 Å². The molecule has 0 saturated heterocycles. The molecule has 0 spiro atoms. The summed E-state index contributed by atoms with van der Waals surface area (Å²) in [7, 11) is 0. The van der Waals surface area contributed by atoms with Gasteiger partial charge in [-0.3, -0.25) is 9.59 Å². The number of benzene rings is 2. The van der Waals surface area contributed by atoms with Gasteiger partial charge in [0.25, 0.3) is 0 Å². The third-order valence-electron chi connectivity index (χ3n) is 4.42. The first-order valence-corrected chi connectivity index (χ1v) is 10.2. The highest BCUT2D eigenvalue weighted by atomic mass is 35.5. The Balaban J connectivity index is 2.30. The van der Waals surface area contributed by atoms with Gasteiger partial charge in [0.05, 0.1) is 16.5 Å². The molecule has 0 fully saturated rings. The van der Waals surface area contributed by atoms with Crippen LogP contribution in [-0.4, -0.2) is 28.8 Å². The maximum absolute atomic E-state index is 13.3. The molecule has 0 aliphatic heterocycles. The molecule has 29 heavy (non-hydrogen) atoms. The van der Waals surface area contributed by atoms with Gasteiger partial charge in [0.2, 0.25) is 11.8 Å². The van der Waals surface area contributed by atoms with Crippen LogP contribution in [0, 0.1) is 5.82 Å². The average Bonchev–Trinajstić information content (AvgIpc) is 2.65. The Bertz CT molecular complexity index is 856. The van der Waals surface area contributed by atoms with Gasteiger partial charge in [-0.2, -0.15) is 0 Å². The number of halogens is 3. The van der Waals surface area contributed by atoms with E-state index in [-0.39, 0.29) is 36.6 Å². The van der Waals surface area contributed by atoms with Crippen molar-refractivity contribution < 1.29 is 14.0 Å². The maximum atomic E-state index is 13.3. The molecule has 0 saturated carbocycles. The molecule has 7 heteroatoms. The summed E-state index contributed by atoms with van der Waals surface area (Å²) < 4.78 is 13.3. The van der Waals surface area contributed by atoms with Crippen molar-refractivity contribution in [2.24, 2.45) is 0 Å². The fourth-order valence-electron chi connectivity index (χ4n) is 3.01. The van der Waals surface area contributed by atoms with E-state index in [0.717, 1.165) is 5.56 Å². The highest BCUT2D eigenvalue weighted by molar-refractivity contribution is 6.42. The molecule has 0 bridgehead atoms. The zero-order chi connectivity index (χ0) is 21.6. The van der Waals surface area contributed by atoms with Crippen molar-refractivity contribution in [2.75, 3.05) is 0 Å². The summed E-state index contributed by atoms with van der Waals surface area (Å²) in [5.41, 5.74) is 1.44. The van der Waals surface area contributed by atoms with Gasteiger partial charge in [0.15, 0.2) is 0 Å². The Kier molecular flexibility index (Phi) is 8.47. The Labute approximate surface area is 181 Å². The first kappa shape index (κ1) is 23.2. The fraction of sp³-hybridized carbons (Fsp3) is 0.364. The number of nitrogens with one attached hydrogen (secondary N) is 1. The van der Waals surface area contributed by atoms with Crippen LogP contribution in [0.2, 0.25) is 10.0 Å². The first-order chi connectivity index (χ1) is 13.7. The van der Waals surface area contributed by atoms with Crippen molar-refractivity contribution in [1.29, 1.82) is 0 Å². The zero-order valence-electron chi connectivity index (χ0n) is 16.7. The minimum absolute atomic E-state index is 0.0469. The van der Waals surface area contributed by atoms with Crippen molar-refractivity contribution in [3.63, 3.8) is 0 Å². The van der Waals surface area contributed by atoms with Crippen LogP contribution in [0.3, 0.4) is 0 Å². The Morgan fingerprint density at radius 1 is 1.03 bits per heavy atom. The number of hydrogen-bond donors (Lipinski definition) is 1. The lowest BCUT2D eigenvalue weighted by Gasteiger charge is -2.31. The highest BCUT2D eigenvalue weighted by Gasteiger charge is 2.29. The summed E-state index contributed by atoms with van der Waals surface area (Å²) in [5.74, 6) is -0.794. The molecule has 2 amide bonds. The Morgan fingerprint density at radius 3 is 2.21 bits per heavy atom. The molecule has 1 atom stereocenters. The SMILES string of the molecule is CC[C@@H](C(=O)NC(C)C)N(Cc1ccc(F)cc1)C(=O)Cc1ccc(Cl)c(Cl)c1. The smallest absolute Gasteiger partial charge is 0.243 e. The van der Waals surface area contributed by atoms with Gasteiger partial charge in [-0.05, 0) is 55.7 Å². The second-order valence-corrected chi connectivity index (χ2v) is 7.98. The molecule has 0 aliphatic carbocycles. The minimum Gasteiger partial charge on any atom is -0.352 e. The second-order valence-electron chi connectivity index (χ2n) is 7.16. The minimum atomic E-state index is -0.641. The number of amides is 2. The van der Waals surface area contributed by atoms with Gasteiger partial charge in [-0.1, -0.05) is 48.3 Å². The molecular weight excluding hydrogens is 414 g/mol. The summed E-state index contributed by atoms with van der Waals surface area (Å²) in [6.45, 7) is 5.79. The third-order valence-corrected chi connectivity index (χ3v) is 5.16. The number of hydrogen-bond acceptors (Lipinski definition) is 2. The topological polar surface area (TPSA) is 49.4 Å². The Hall–Kier alpha value is -2.11. The lowest BCUT2D eigenvalue weighted by molar-refractivity contribution is -0.141. The van der Waals surface area contributed by atoms with E-state index in [4.69, 9.17) is 23.2 Å². The van der Waals surface area contributed by atoms with E-state index in [2.05, 4.69) is 5.32 Å². The van der Waals surface area contributed by atoms with Crippen molar-refractivity contribution in [3.8, 4) is 0 Å². The van der Waals surface area contributed by atoms with E-state index in [1.54, 1.807) is 30.3 Å². The molecular formula is C22H25Cl2FN2O2. The first-order valence-electron chi connectivity index (χ1n) is 9.49. The second kappa shape index (κ2) is 10.6. The zero-order valence-corrected chi connectivity index (χ0v) is 18.2. The molecule has 2 rings (SSSR count). The van der Waals surface area contributed by atoms with Crippen LogP contribution in [0.1, 0.15) is 38.3 Å².